The van der Waals surface area contributed by atoms with Gasteiger partial charge in [0.2, 0.25) is 0 Å². The molecule has 0 aromatic rings. The van der Waals surface area contributed by atoms with Crippen molar-refractivity contribution in [3.63, 3.8) is 0 Å². The van der Waals surface area contributed by atoms with Gasteiger partial charge in [-0.2, -0.15) is 0 Å². The number of quaternary nitrogens is 1. The van der Waals surface area contributed by atoms with E-state index in [1.165, 1.54) is 62.6 Å². The van der Waals surface area contributed by atoms with Crippen molar-refractivity contribution in [1.29, 1.82) is 0 Å². The van der Waals surface area contributed by atoms with Crippen molar-refractivity contribution in [3.8, 4) is 0 Å². The van der Waals surface area contributed by atoms with Gasteiger partial charge in [-0.1, -0.05) is 26.7 Å². The predicted octanol–water partition coefficient (Wildman–Crippen LogP) is 3.44. The van der Waals surface area contributed by atoms with Crippen LogP contribution in [0.3, 0.4) is 0 Å². The summed E-state index contributed by atoms with van der Waals surface area (Å²) in [6, 6.07) is 0. The summed E-state index contributed by atoms with van der Waals surface area (Å²) >= 11 is 0. The van der Waals surface area contributed by atoms with Gasteiger partial charge >= 0.3 is 0 Å². The SMILES string of the molecule is CCCCCC[N+]1(C)CCCC(C)C1. The normalized spacial score (nSPS) is 33.2. The van der Waals surface area contributed by atoms with Gasteiger partial charge in [-0.15, -0.1) is 0 Å². The lowest BCUT2D eigenvalue weighted by Crippen LogP contribution is -2.51. The highest BCUT2D eigenvalue weighted by Gasteiger charge is 2.27. The van der Waals surface area contributed by atoms with Crippen molar-refractivity contribution >= 4 is 0 Å². The maximum absolute atomic E-state index is 2.46. The maximum atomic E-state index is 2.46. The van der Waals surface area contributed by atoms with Crippen LogP contribution in [0.4, 0.5) is 0 Å². The molecule has 1 aliphatic heterocycles. The Bertz CT molecular complexity index is 155. The Kier molecular flexibility index (Phi) is 4.94. The number of rotatable bonds is 5. The van der Waals surface area contributed by atoms with E-state index in [2.05, 4.69) is 20.9 Å². The van der Waals surface area contributed by atoms with Crippen molar-refractivity contribution in [2.45, 2.75) is 52.4 Å². The van der Waals surface area contributed by atoms with Crippen LogP contribution in [0.15, 0.2) is 0 Å². The Labute approximate surface area is 90.1 Å². The third-order valence-corrected chi connectivity index (χ3v) is 3.70. The van der Waals surface area contributed by atoms with Crippen molar-refractivity contribution in [3.05, 3.63) is 0 Å². The molecule has 14 heavy (non-hydrogen) atoms. The van der Waals surface area contributed by atoms with Crippen LogP contribution in [0, 0.1) is 5.92 Å². The topological polar surface area (TPSA) is 0 Å². The largest absolute Gasteiger partial charge is 0.326 e. The number of likely N-dealkylation sites (tertiary alicyclic amines) is 1. The van der Waals surface area contributed by atoms with E-state index in [1.54, 1.807) is 0 Å². The van der Waals surface area contributed by atoms with Crippen LogP contribution in [-0.2, 0) is 0 Å². The van der Waals surface area contributed by atoms with Crippen LogP contribution in [0.1, 0.15) is 52.4 Å². The summed E-state index contributed by atoms with van der Waals surface area (Å²) in [7, 11) is 2.46. The van der Waals surface area contributed by atoms with Crippen LogP contribution in [0.5, 0.6) is 0 Å². The minimum Gasteiger partial charge on any atom is -0.326 e. The van der Waals surface area contributed by atoms with E-state index in [4.69, 9.17) is 0 Å². The minimum atomic E-state index is 0.958. The summed E-state index contributed by atoms with van der Waals surface area (Å²) in [5, 5.41) is 0. The Morgan fingerprint density at radius 1 is 1.21 bits per heavy atom. The first-order valence-electron chi connectivity index (χ1n) is 6.50. The minimum absolute atomic E-state index is 0.958. The molecule has 0 N–H and O–H groups in total. The molecule has 84 valence electrons. The number of nitrogens with zero attached hydrogens (tertiary/aromatic N) is 1. The quantitative estimate of drug-likeness (QED) is 0.469. The van der Waals surface area contributed by atoms with Gasteiger partial charge in [0.25, 0.3) is 0 Å². The van der Waals surface area contributed by atoms with Crippen LogP contribution >= 0.6 is 0 Å². The highest BCUT2D eigenvalue weighted by atomic mass is 15.3. The zero-order valence-electron chi connectivity index (χ0n) is 10.4. The Morgan fingerprint density at radius 3 is 2.64 bits per heavy atom. The van der Waals surface area contributed by atoms with Gasteiger partial charge in [0, 0.05) is 5.92 Å². The van der Waals surface area contributed by atoms with Crippen LogP contribution in [-0.4, -0.2) is 31.2 Å². The molecule has 2 atom stereocenters. The Morgan fingerprint density at radius 2 is 2.00 bits per heavy atom. The summed E-state index contributed by atoms with van der Waals surface area (Å²) in [4.78, 5) is 0. The van der Waals surface area contributed by atoms with Crippen molar-refractivity contribution in [1.82, 2.24) is 0 Å². The predicted molar refractivity (Wildman–Crippen MR) is 63.3 cm³/mol. The van der Waals surface area contributed by atoms with Gasteiger partial charge < -0.3 is 4.48 Å². The van der Waals surface area contributed by atoms with E-state index < -0.39 is 0 Å². The Balaban J connectivity index is 2.19. The van der Waals surface area contributed by atoms with E-state index in [9.17, 15) is 0 Å². The molecule has 1 aliphatic rings. The molecule has 1 heterocycles. The zero-order chi connectivity index (χ0) is 10.4. The average molecular weight is 198 g/mol. The molecule has 0 bridgehead atoms. The second-order valence-corrected chi connectivity index (χ2v) is 5.56. The van der Waals surface area contributed by atoms with Gasteiger partial charge in [-0.3, -0.25) is 0 Å². The second-order valence-electron chi connectivity index (χ2n) is 5.56. The lowest BCUT2D eigenvalue weighted by Gasteiger charge is -2.40. The highest BCUT2D eigenvalue weighted by molar-refractivity contribution is 4.59. The number of unbranched alkanes of at least 4 members (excludes halogenated alkanes) is 3. The molecule has 0 saturated carbocycles. The lowest BCUT2D eigenvalue weighted by atomic mass is 9.98. The van der Waals surface area contributed by atoms with Crippen molar-refractivity contribution < 1.29 is 4.48 Å². The summed E-state index contributed by atoms with van der Waals surface area (Å²) in [5.41, 5.74) is 0. The maximum Gasteiger partial charge on any atom is 0.0810 e. The first-order valence-corrected chi connectivity index (χ1v) is 6.50. The fourth-order valence-corrected chi connectivity index (χ4v) is 2.88. The standard InChI is InChI=1S/C13H28N/c1-4-5-6-7-10-14(3)11-8-9-13(2)12-14/h13H,4-12H2,1-3H3/q+1. The fourth-order valence-electron chi connectivity index (χ4n) is 2.88. The molecule has 0 aliphatic carbocycles. The van der Waals surface area contributed by atoms with E-state index in [0.29, 0.717) is 0 Å². The molecule has 0 radical (unpaired) electrons. The summed E-state index contributed by atoms with van der Waals surface area (Å²) in [6.07, 6.45) is 8.58. The second kappa shape index (κ2) is 5.75. The monoisotopic (exact) mass is 198 g/mol. The smallest absolute Gasteiger partial charge is 0.0810 e. The number of piperidine rings is 1. The molecule has 0 aromatic heterocycles. The lowest BCUT2D eigenvalue weighted by molar-refractivity contribution is -0.917. The first-order chi connectivity index (χ1) is 6.66. The summed E-state index contributed by atoms with van der Waals surface area (Å²) in [6.45, 7) is 8.98. The van der Waals surface area contributed by atoms with Crippen molar-refractivity contribution in [2.24, 2.45) is 5.92 Å². The van der Waals surface area contributed by atoms with Gasteiger partial charge in [-0.25, -0.2) is 0 Å². The Hall–Kier alpha value is -0.0400. The molecule has 1 rings (SSSR count). The van der Waals surface area contributed by atoms with Crippen molar-refractivity contribution in [2.75, 3.05) is 26.7 Å². The molecule has 1 fully saturated rings. The van der Waals surface area contributed by atoms with Crippen LogP contribution in [0.25, 0.3) is 0 Å². The van der Waals surface area contributed by atoms with E-state index in [0.717, 1.165) is 5.92 Å². The zero-order valence-corrected chi connectivity index (χ0v) is 10.4. The third-order valence-electron chi connectivity index (χ3n) is 3.70. The molecule has 0 spiro atoms. The molecular weight excluding hydrogens is 170 g/mol. The third kappa shape index (κ3) is 4.00. The average Bonchev–Trinajstić information content (AvgIpc) is 2.12. The summed E-state index contributed by atoms with van der Waals surface area (Å²) < 4.78 is 1.35. The molecule has 2 unspecified atom stereocenters. The van der Waals surface area contributed by atoms with Gasteiger partial charge in [-0.05, 0) is 25.7 Å². The van der Waals surface area contributed by atoms with Crippen LogP contribution in [0.2, 0.25) is 0 Å². The molecule has 0 aromatic carbocycles. The highest BCUT2D eigenvalue weighted by Crippen LogP contribution is 2.22. The van der Waals surface area contributed by atoms with Gasteiger partial charge in [0.15, 0.2) is 0 Å². The van der Waals surface area contributed by atoms with Gasteiger partial charge in [0.05, 0.1) is 26.7 Å². The van der Waals surface area contributed by atoms with Gasteiger partial charge in [0.1, 0.15) is 0 Å². The molecule has 0 amide bonds. The molecule has 1 nitrogen and oxygen atoms in total. The first kappa shape index (κ1) is 12.0. The molecule has 1 heteroatoms. The number of hydrogen-bond acceptors (Lipinski definition) is 0. The van der Waals surface area contributed by atoms with Crippen LogP contribution < -0.4 is 0 Å². The fraction of sp³-hybridized carbons (Fsp3) is 1.00. The summed E-state index contributed by atoms with van der Waals surface area (Å²) in [5.74, 6) is 0.958. The molecule has 1 saturated heterocycles. The molecular formula is C13H28N+. The van der Waals surface area contributed by atoms with E-state index in [-0.39, 0.29) is 0 Å². The number of hydrogen-bond donors (Lipinski definition) is 0. The van der Waals surface area contributed by atoms with E-state index in [1.807, 2.05) is 0 Å². The van der Waals surface area contributed by atoms with E-state index >= 15 is 0 Å².